The second-order valence-electron chi connectivity index (χ2n) is 5.34. The van der Waals surface area contributed by atoms with E-state index in [0.717, 1.165) is 34.9 Å². The average Bonchev–Trinajstić information content (AvgIpc) is 2.97. The van der Waals surface area contributed by atoms with Crippen LogP contribution in [0.5, 0.6) is 0 Å². The van der Waals surface area contributed by atoms with Crippen LogP contribution in [-0.4, -0.2) is 26.5 Å². The minimum absolute atomic E-state index is 0.0336. The molecule has 0 saturated heterocycles. The zero-order valence-corrected chi connectivity index (χ0v) is 12.8. The van der Waals surface area contributed by atoms with Crippen LogP contribution in [0.4, 0.5) is 0 Å². The molecule has 0 bridgehead atoms. The van der Waals surface area contributed by atoms with Crippen LogP contribution in [0.1, 0.15) is 25.7 Å². The Labute approximate surface area is 124 Å². The number of aliphatic hydroxyl groups excluding tert-OH is 1. The zero-order valence-electron chi connectivity index (χ0n) is 10.4. The summed E-state index contributed by atoms with van der Waals surface area (Å²) in [5, 5.41) is 15.6. The van der Waals surface area contributed by atoms with Gasteiger partial charge in [-0.15, -0.1) is 0 Å². The van der Waals surface area contributed by atoms with E-state index in [1.165, 1.54) is 12.8 Å². The standard InChI is InChI=1S/C13H15BrClN3O/c14-12-9-6-16-11(15)5-10(9)18(17-12)7-13(8-19)3-1-2-4-13/h5-6,19H,1-4,7-8H2. The Morgan fingerprint density at radius 3 is 2.84 bits per heavy atom. The third-order valence-electron chi connectivity index (χ3n) is 4.04. The van der Waals surface area contributed by atoms with E-state index in [1.54, 1.807) is 6.20 Å². The van der Waals surface area contributed by atoms with Crippen molar-refractivity contribution >= 4 is 38.4 Å². The Morgan fingerprint density at radius 2 is 2.16 bits per heavy atom. The maximum absolute atomic E-state index is 9.72. The molecule has 2 heterocycles. The van der Waals surface area contributed by atoms with Gasteiger partial charge in [-0.1, -0.05) is 24.4 Å². The minimum atomic E-state index is -0.0336. The minimum Gasteiger partial charge on any atom is -0.396 e. The Hall–Kier alpha value is -0.650. The summed E-state index contributed by atoms with van der Waals surface area (Å²) in [5.74, 6) is 0. The van der Waals surface area contributed by atoms with Gasteiger partial charge in [0.2, 0.25) is 0 Å². The summed E-state index contributed by atoms with van der Waals surface area (Å²) in [6, 6.07) is 1.83. The van der Waals surface area contributed by atoms with E-state index in [4.69, 9.17) is 11.6 Å². The number of hydrogen-bond donors (Lipinski definition) is 1. The van der Waals surface area contributed by atoms with E-state index in [1.807, 2.05) is 10.7 Å². The summed E-state index contributed by atoms with van der Waals surface area (Å²) in [7, 11) is 0. The zero-order chi connectivity index (χ0) is 13.5. The molecule has 19 heavy (non-hydrogen) atoms. The molecule has 1 fully saturated rings. The molecule has 0 unspecified atom stereocenters. The molecule has 1 N–H and O–H groups in total. The maximum Gasteiger partial charge on any atom is 0.137 e. The maximum atomic E-state index is 9.72. The number of hydrogen-bond acceptors (Lipinski definition) is 3. The fourth-order valence-electron chi connectivity index (χ4n) is 2.94. The smallest absolute Gasteiger partial charge is 0.137 e. The highest BCUT2D eigenvalue weighted by Crippen LogP contribution is 2.40. The number of aliphatic hydroxyl groups is 1. The van der Waals surface area contributed by atoms with E-state index in [9.17, 15) is 5.11 Å². The Morgan fingerprint density at radius 1 is 1.42 bits per heavy atom. The number of pyridine rings is 1. The quantitative estimate of drug-likeness (QED) is 0.868. The van der Waals surface area contributed by atoms with Crippen LogP contribution in [0.2, 0.25) is 5.15 Å². The summed E-state index contributed by atoms with van der Waals surface area (Å²) in [4.78, 5) is 4.08. The fourth-order valence-corrected chi connectivity index (χ4v) is 3.58. The van der Waals surface area contributed by atoms with Gasteiger partial charge in [-0.05, 0) is 28.8 Å². The second kappa shape index (κ2) is 5.04. The van der Waals surface area contributed by atoms with Gasteiger partial charge < -0.3 is 5.11 Å². The molecule has 1 aliphatic carbocycles. The van der Waals surface area contributed by atoms with Crippen LogP contribution in [0, 0.1) is 5.41 Å². The largest absolute Gasteiger partial charge is 0.396 e. The van der Waals surface area contributed by atoms with Gasteiger partial charge in [-0.3, -0.25) is 4.68 Å². The highest BCUT2D eigenvalue weighted by Gasteiger charge is 2.34. The molecule has 0 radical (unpaired) electrons. The van der Waals surface area contributed by atoms with Gasteiger partial charge >= 0.3 is 0 Å². The van der Waals surface area contributed by atoms with E-state index in [0.29, 0.717) is 5.15 Å². The molecule has 6 heteroatoms. The summed E-state index contributed by atoms with van der Waals surface area (Å²) in [5.41, 5.74) is 0.931. The molecule has 0 spiro atoms. The lowest BCUT2D eigenvalue weighted by atomic mass is 9.87. The third kappa shape index (κ3) is 2.39. The van der Waals surface area contributed by atoms with Gasteiger partial charge in [0.25, 0.3) is 0 Å². The van der Waals surface area contributed by atoms with Gasteiger partial charge in [0, 0.05) is 24.2 Å². The van der Waals surface area contributed by atoms with Gasteiger partial charge in [-0.25, -0.2) is 4.98 Å². The summed E-state index contributed by atoms with van der Waals surface area (Å²) >= 11 is 9.42. The van der Waals surface area contributed by atoms with Gasteiger partial charge in [0.15, 0.2) is 0 Å². The SMILES string of the molecule is OCC1(Cn2nc(Br)c3cnc(Cl)cc32)CCCC1. The topological polar surface area (TPSA) is 50.9 Å². The fraction of sp³-hybridized carbons (Fsp3) is 0.538. The van der Waals surface area contributed by atoms with Crippen molar-refractivity contribution in [2.45, 2.75) is 32.2 Å². The van der Waals surface area contributed by atoms with Gasteiger partial charge in [-0.2, -0.15) is 5.10 Å². The molecule has 0 atom stereocenters. The molecule has 102 valence electrons. The van der Waals surface area contributed by atoms with E-state index >= 15 is 0 Å². The second-order valence-corrected chi connectivity index (χ2v) is 6.48. The first-order valence-electron chi connectivity index (χ1n) is 6.42. The average molecular weight is 345 g/mol. The Bertz CT molecular complexity index is 607. The Kier molecular flexibility index (Phi) is 3.53. The van der Waals surface area contributed by atoms with Gasteiger partial charge in [0.1, 0.15) is 9.76 Å². The van der Waals surface area contributed by atoms with Crippen LogP contribution < -0.4 is 0 Å². The predicted molar refractivity (Wildman–Crippen MR) is 78.2 cm³/mol. The number of fused-ring (bicyclic) bond motifs is 1. The molecule has 0 amide bonds. The van der Waals surface area contributed by atoms with Crippen LogP contribution >= 0.6 is 27.5 Å². The van der Waals surface area contributed by atoms with Crippen LogP contribution in [-0.2, 0) is 6.54 Å². The molecular weight excluding hydrogens is 330 g/mol. The summed E-state index contributed by atoms with van der Waals surface area (Å²) < 4.78 is 2.71. The van der Waals surface area contributed by atoms with Crippen molar-refractivity contribution in [3.63, 3.8) is 0 Å². The third-order valence-corrected chi connectivity index (χ3v) is 4.83. The molecule has 4 nitrogen and oxygen atoms in total. The lowest BCUT2D eigenvalue weighted by Crippen LogP contribution is -2.28. The van der Waals surface area contributed by atoms with Crippen LogP contribution in [0.25, 0.3) is 10.9 Å². The number of nitrogens with zero attached hydrogens (tertiary/aromatic N) is 3. The first-order valence-corrected chi connectivity index (χ1v) is 7.59. The van der Waals surface area contributed by atoms with Crippen molar-refractivity contribution in [1.29, 1.82) is 0 Å². The molecule has 0 aromatic carbocycles. The summed E-state index contributed by atoms with van der Waals surface area (Å²) in [6.07, 6.45) is 6.21. The predicted octanol–water partition coefficient (Wildman–Crippen LogP) is 3.40. The molecule has 0 aliphatic heterocycles. The van der Waals surface area contributed by atoms with Crippen molar-refractivity contribution in [3.8, 4) is 0 Å². The van der Waals surface area contributed by atoms with Crippen molar-refractivity contribution in [2.75, 3.05) is 6.61 Å². The first kappa shape index (κ1) is 13.3. The normalized spacial score (nSPS) is 18.3. The van der Waals surface area contributed by atoms with E-state index in [2.05, 4.69) is 26.0 Å². The Balaban J connectivity index is 2.03. The summed E-state index contributed by atoms with van der Waals surface area (Å²) in [6.45, 7) is 0.941. The van der Waals surface area contributed by atoms with E-state index < -0.39 is 0 Å². The highest BCUT2D eigenvalue weighted by molar-refractivity contribution is 9.10. The number of rotatable bonds is 3. The lowest BCUT2D eigenvalue weighted by Gasteiger charge is -2.26. The van der Waals surface area contributed by atoms with E-state index in [-0.39, 0.29) is 12.0 Å². The van der Waals surface area contributed by atoms with Crippen molar-refractivity contribution in [3.05, 3.63) is 22.0 Å². The van der Waals surface area contributed by atoms with Crippen LogP contribution in [0.15, 0.2) is 16.9 Å². The lowest BCUT2D eigenvalue weighted by molar-refractivity contribution is 0.108. The molecule has 1 aliphatic rings. The monoisotopic (exact) mass is 343 g/mol. The highest BCUT2D eigenvalue weighted by atomic mass is 79.9. The van der Waals surface area contributed by atoms with Gasteiger partial charge in [0.05, 0.1) is 17.5 Å². The van der Waals surface area contributed by atoms with Crippen molar-refractivity contribution in [2.24, 2.45) is 5.41 Å². The molecule has 1 saturated carbocycles. The molecular formula is C13H15BrClN3O. The van der Waals surface area contributed by atoms with Crippen molar-refractivity contribution in [1.82, 2.24) is 14.8 Å². The molecule has 2 aromatic rings. The van der Waals surface area contributed by atoms with Crippen molar-refractivity contribution < 1.29 is 5.11 Å². The molecule has 2 aromatic heterocycles. The number of aromatic nitrogens is 3. The van der Waals surface area contributed by atoms with Crippen LogP contribution in [0.3, 0.4) is 0 Å². The molecule has 3 rings (SSSR count). The first-order chi connectivity index (χ1) is 9.13. The number of halogens is 2.